The van der Waals surface area contributed by atoms with Crippen LogP contribution in [0.25, 0.3) is 10.6 Å². The second kappa shape index (κ2) is 6.76. The molecule has 1 amide bonds. The molecule has 2 N–H and O–H groups in total. The number of aliphatic hydroxyl groups excluding tert-OH is 2. The van der Waals surface area contributed by atoms with Gasteiger partial charge in [-0.1, -0.05) is 0 Å². The molecule has 0 bridgehead atoms. The van der Waals surface area contributed by atoms with Gasteiger partial charge in [-0.2, -0.15) is 11.3 Å². The van der Waals surface area contributed by atoms with Crippen LogP contribution in [0.15, 0.2) is 22.2 Å². The highest BCUT2D eigenvalue weighted by molar-refractivity contribution is 7.14. The summed E-state index contributed by atoms with van der Waals surface area (Å²) < 4.78 is 0. The fourth-order valence-corrected chi connectivity index (χ4v) is 3.12. The second-order valence-electron chi connectivity index (χ2n) is 3.79. The Morgan fingerprint density at radius 1 is 1.26 bits per heavy atom. The minimum absolute atomic E-state index is 0.132. The van der Waals surface area contributed by atoms with E-state index >= 15 is 0 Å². The Morgan fingerprint density at radius 2 is 2.00 bits per heavy atom. The van der Waals surface area contributed by atoms with Gasteiger partial charge in [0.25, 0.3) is 5.91 Å². The molecule has 2 aromatic heterocycles. The summed E-state index contributed by atoms with van der Waals surface area (Å²) in [4.78, 5) is 17.9. The number of aliphatic hydroxyl groups is 2. The van der Waals surface area contributed by atoms with Gasteiger partial charge in [0.15, 0.2) is 0 Å². The summed E-state index contributed by atoms with van der Waals surface area (Å²) in [5, 5.41) is 24.3. The van der Waals surface area contributed by atoms with Gasteiger partial charge in [0.1, 0.15) is 10.7 Å². The molecule has 2 heterocycles. The van der Waals surface area contributed by atoms with Crippen LogP contribution in [0.5, 0.6) is 0 Å². The van der Waals surface area contributed by atoms with Gasteiger partial charge in [-0.05, 0) is 11.4 Å². The van der Waals surface area contributed by atoms with Crippen molar-refractivity contribution in [3.8, 4) is 10.6 Å². The Bertz CT molecular complexity index is 519. The predicted molar refractivity (Wildman–Crippen MR) is 75.5 cm³/mol. The lowest BCUT2D eigenvalue weighted by molar-refractivity contribution is 0.0680. The van der Waals surface area contributed by atoms with E-state index in [1.807, 2.05) is 16.8 Å². The zero-order valence-electron chi connectivity index (χ0n) is 10.2. The van der Waals surface area contributed by atoms with E-state index in [-0.39, 0.29) is 32.2 Å². The number of aromatic nitrogens is 1. The van der Waals surface area contributed by atoms with Crippen molar-refractivity contribution in [2.75, 3.05) is 26.3 Å². The number of hydrogen-bond acceptors (Lipinski definition) is 6. The lowest BCUT2D eigenvalue weighted by atomic mass is 10.3. The number of carbonyl (C=O) groups excluding carboxylic acids is 1. The molecule has 0 saturated carbocycles. The average Bonchev–Trinajstić information content (AvgIpc) is 3.08. The highest BCUT2D eigenvalue weighted by Gasteiger charge is 2.18. The molecule has 0 aliphatic heterocycles. The number of amides is 1. The molecule has 0 radical (unpaired) electrons. The van der Waals surface area contributed by atoms with Crippen LogP contribution in [0.3, 0.4) is 0 Å². The van der Waals surface area contributed by atoms with E-state index in [0.29, 0.717) is 5.69 Å². The third kappa shape index (κ3) is 3.38. The van der Waals surface area contributed by atoms with Crippen LogP contribution in [0, 0.1) is 0 Å². The number of thiophene rings is 1. The molecule has 2 rings (SSSR count). The number of thiazole rings is 1. The summed E-state index contributed by atoms with van der Waals surface area (Å²) in [7, 11) is 0. The first-order chi connectivity index (χ1) is 9.26. The Labute approximate surface area is 118 Å². The third-order valence-electron chi connectivity index (χ3n) is 2.52. The Hall–Kier alpha value is -1.28. The highest BCUT2D eigenvalue weighted by Crippen LogP contribution is 2.26. The van der Waals surface area contributed by atoms with Crippen molar-refractivity contribution in [2.45, 2.75) is 0 Å². The molecule has 0 aromatic carbocycles. The zero-order valence-corrected chi connectivity index (χ0v) is 11.8. The smallest absolute Gasteiger partial charge is 0.273 e. The summed E-state index contributed by atoms with van der Waals surface area (Å²) in [6.07, 6.45) is 0. The molecule has 2 aromatic rings. The molecule has 19 heavy (non-hydrogen) atoms. The van der Waals surface area contributed by atoms with E-state index in [1.165, 1.54) is 16.2 Å². The van der Waals surface area contributed by atoms with Gasteiger partial charge in [0, 0.05) is 29.4 Å². The van der Waals surface area contributed by atoms with Crippen LogP contribution in [-0.2, 0) is 0 Å². The molecular formula is C12H14N2O3S2. The SMILES string of the molecule is O=C(c1csc(-c2ccsc2)n1)N(CCO)CCO. The van der Waals surface area contributed by atoms with Crippen LogP contribution < -0.4 is 0 Å². The van der Waals surface area contributed by atoms with Gasteiger partial charge >= 0.3 is 0 Å². The molecule has 0 spiro atoms. The number of hydrogen-bond donors (Lipinski definition) is 2. The van der Waals surface area contributed by atoms with Crippen molar-refractivity contribution in [3.05, 3.63) is 27.9 Å². The zero-order chi connectivity index (χ0) is 13.7. The summed E-state index contributed by atoms with van der Waals surface area (Å²) in [5.74, 6) is -0.263. The van der Waals surface area contributed by atoms with Gasteiger partial charge in [-0.25, -0.2) is 4.98 Å². The van der Waals surface area contributed by atoms with Crippen molar-refractivity contribution in [1.29, 1.82) is 0 Å². The Kier molecular flexibility index (Phi) is 5.03. The molecule has 0 atom stereocenters. The van der Waals surface area contributed by atoms with E-state index < -0.39 is 0 Å². The lowest BCUT2D eigenvalue weighted by Gasteiger charge is -2.19. The molecule has 0 fully saturated rings. The topological polar surface area (TPSA) is 73.7 Å². The van der Waals surface area contributed by atoms with E-state index in [0.717, 1.165) is 10.6 Å². The van der Waals surface area contributed by atoms with Crippen molar-refractivity contribution in [3.63, 3.8) is 0 Å². The fraction of sp³-hybridized carbons (Fsp3) is 0.333. The van der Waals surface area contributed by atoms with Gasteiger partial charge in [0.2, 0.25) is 0 Å². The van der Waals surface area contributed by atoms with Crippen LogP contribution in [0.4, 0.5) is 0 Å². The monoisotopic (exact) mass is 298 g/mol. The van der Waals surface area contributed by atoms with Crippen molar-refractivity contribution >= 4 is 28.6 Å². The Morgan fingerprint density at radius 3 is 2.58 bits per heavy atom. The van der Waals surface area contributed by atoms with E-state index in [4.69, 9.17) is 10.2 Å². The van der Waals surface area contributed by atoms with Crippen LogP contribution in [-0.4, -0.2) is 52.3 Å². The standard InChI is InChI=1S/C12H14N2O3S2/c15-4-2-14(3-5-16)12(17)10-8-19-11(13-10)9-1-6-18-7-9/h1,6-8,15-16H,2-5H2. The number of carbonyl (C=O) groups is 1. The highest BCUT2D eigenvalue weighted by atomic mass is 32.1. The van der Waals surface area contributed by atoms with Gasteiger partial charge in [-0.15, -0.1) is 11.3 Å². The quantitative estimate of drug-likeness (QED) is 0.843. The second-order valence-corrected chi connectivity index (χ2v) is 5.43. The summed E-state index contributed by atoms with van der Waals surface area (Å²) in [5.41, 5.74) is 1.36. The van der Waals surface area contributed by atoms with Gasteiger partial charge < -0.3 is 15.1 Å². The van der Waals surface area contributed by atoms with E-state index in [2.05, 4.69) is 4.98 Å². The molecular weight excluding hydrogens is 284 g/mol. The normalized spacial score (nSPS) is 10.6. The number of rotatable bonds is 6. The molecule has 0 unspecified atom stereocenters. The number of nitrogens with zero attached hydrogens (tertiary/aromatic N) is 2. The van der Waals surface area contributed by atoms with Crippen LogP contribution in [0.2, 0.25) is 0 Å². The van der Waals surface area contributed by atoms with E-state index in [9.17, 15) is 4.79 Å². The molecule has 7 heteroatoms. The van der Waals surface area contributed by atoms with E-state index in [1.54, 1.807) is 16.7 Å². The maximum atomic E-state index is 12.2. The minimum atomic E-state index is -0.263. The molecule has 102 valence electrons. The third-order valence-corrected chi connectivity index (χ3v) is 4.09. The van der Waals surface area contributed by atoms with Crippen molar-refractivity contribution < 1.29 is 15.0 Å². The van der Waals surface area contributed by atoms with Crippen LogP contribution in [0.1, 0.15) is 10.5 Å². The molecule has 0 aliphatic rings. The summed E-state index contributed by atoms with van der Waals surface area (Å²) >= 11 is 2.99. The molecule has 0 aliphatic carbocycles. The molecule has 0 saturated heterocycles. The van der Waals surface area contributed by atoms with Crippen molar-refractivity contribution in [1.82, 2.24) is 9.88 Å². The maximum Gasteiger partial charge on any atom is 0.273 e. The van der Waals surface area contributed by atoms with Gasteiger partial charge in [0.05, 0.1) is 13.2 Å². The maximum absolute atomic E-state index is 12.2. The van der Waals surface area contributed by atoms with Gasteiger partial charge in [-0.3, -0.25) is 4.79 Å². The molecule has 5 nitrogen and oxygen atoms in total. The predicted octanol–water partition coefficient (Wildman–Crippen LogP) is 1.30. The first-order valence-corrected chi connectivity index (χ1v) is 7.57. The summed E-state index contributed by atoms with van der Waals surface area (Å²) in [6.45, 7) is 0.135. The summed E-state index contributed by atoms with van der Waals surface area (Å²) in [6, 6.07) is 1.96. The Balaban J connectivity index is 2.14. The first kappa shape index (κ1) is 14.1. The van der Waals surface area contributed by atoms with Crippen molar-refractivity contribution in [2.24, 2.45) is 0 Å². The van der Waals surface area contributed by atoms with Crippen LogP contribution >= 0.6 is 22.7 Å². The average molecular weight is 298 g/mol. The first-order valence-electron chi connectivity index (χ1n) is 5.75. The fourth-order valence-electron chi connectivity index (χ4n) is 1.61. The largest absolute Gasteiger partial charge is 0.395 e. The lowest BCUT2D eigenvalue weighted by Crippen LogP contribution is -2.36. The minimum Gasteiger partial charge on any atom is -0.395 e.